The normalized spacial score (nSPS) is 17.0. The maximum absolute atomic E-state index is 12.4. The number of rotatable bonds is 5. The number of thiophene rings is 1. The molecule has 0 spiro atoms. The van der Waals surface area contributed by atoms with Gasteiger partial charge in [0, 0.05) is 16.4 Å². The zero-order valence-electron chi connectivity index (χ0n) is 12.8. The average molecular weight is 325 g/mol. The molecule has 0 aliphatic heterocycles. The summed E-state index contributed by atoms with van der Waals surface area (Å²) in [7, 11) is 0. The third-order valence-corrected chi connectivity index (χ3v) is 5.08. The second kappa shape index (κ2) is 7.38. The van der Waals surface area contributed by atoms with E-state index in [0.717, 1.165) is 24.1 Å². The van der Waals surface area contributed by atoms with Crippen molar-refractivity contribution < 1.29 is 9.59 Å². The highest BCUT2D eigenvalue weighted by molar-refractivity contribution is 7.14. The molecule has 0 saturated heterocycles. The number of carbonyl (C=O) groups is 2. The molecule has 2 aromatic rings. The van der Waals surface area contributed by atoms with Crippen molar-refractivity contribution in [2.45, 2.75) is 25.8 Å². The van der Waals surface area contributed by atoms with Crippen molar-refractivity contribution in [2.24, 2.45) is 5.92 Å². The van der Waals surface area contributed by atoms with Gasteiger partial charge in [0.15, 0.2) is 0 Å². The summed E-state index contributed by atoms with van der Waals surface area (Å²) in [6.45, 7) is 0.492. The van der Waals surface area contributed by atoms with E-state index in [4.69, 9.17) is 0 Å². The van der Waals surface area contributed by atoms with Crippen LogP contribution in [-0.2, 0) is 11.3 Å². The molecule has 1 aliphatic carbocycles. The predicted molar refractivity (Wildman–Crippen MR) is 92.5 cm³/mol. The smallest absolute Gasteiger partial charge is 0.223 e. The Kier molecular flexibility index (Phi) is 5.03. The molecular weight excluding hydrogens is 306 g/mol. The molecule has 1 N–H and O–H groups in total. The van der Waals surface area contributed by atoms with Crippen molar-refractivity contribution in [3.63, 3.8) is 0 Å². The molecular formula is C19H19NO2S. The van der Waals surface area contributed by atoms with Crippen LogP contribution in [0.2, 0.25) is 0 Å². The average Bonchev–Trinajstić information content (AvgIpc) is 3.09. The number of benzene rings is 1. The summed E-state index contributed by atoms with van der Waals surface area (Å²) in [6, 6.07) is 13.0. The van der Waals surface area contributed by atoms with Crippen molar-refractivity contribution >= 4 is 23.0 Å². The fraction of sp³-hybridized carbons (Fsp3) is 0.263. The second-order valence-electron chi connectivity index (χ2n) is 5.66. The molecule has 3 rings (SSSR count). The van der Waals surface area contributed by atoms with E-state index in [-0.39, 0.29) is 17.6 Å². The summed E-state index contributed by atoms with van der Waals surface area (Å²) in [6.07, 6.45) is 6.94. The first kappa shape index (κ1) is 15.7. The van der Waals surface area contributed by atoms with Gasteiger partial charge in [-0.2, -0.15) is 0 Å². The molecule has 4 heteroatoms. The van der Waals surface area contributed by atoms with E-state index in [2.05, 4.69) is 17.5 Å². The van der Waals surface area contributed by atoms with Gasteiger partial charge in [-0.1, -0.05) is 42.5 Å². The van der Waals surface area contributed by atoms with E-state index in [1.54, 1.807) is 0 Å². The molecule has 0 saturated carbocycles. The van der Waals surface area contributed by atoms with E-state index in [9.17, 15) is 9.59 Å². The van der Waals surface area contributed by atoms with Crippen LogP contribution in [0.3, 0.4) is 0 Å². The fourth-order valence-corrected chi connectivity index (χ4v) is 3.59. The predicted octanol–water partition coefficient (Wildman–Crippen LogP) is 3.95. The molecule has 1 atom stereocenters. The Morgan fingerprint density at radius 1 is 1.09 bits per heavy atom. The Morgan fingerprint density at radius 3 is 2.65 bits per heavy atom. The van der Waals surface area contributed by atoms with Gasteiger partial charge in [0.25, 0.3) is 0 Å². The largest absolute Gasteiger partial charge is 0.351 e. The van der Waals surface area contributed by atoms with Crippen LogP contribution in [0.5, 0.6) is 0 Å². The summed E-state index contributed by atoms with van der Waals surface area (Å²) in [5, 5.41) is 2.99. The maximum Gasteiger partial charge on any atom is 0.223 e. The van der Waals surface area contributed by atoms with Gasteiger partial charge in [0.2, 0.25) is 11.7 Å². The monoisotopic (exact) mass is 325 g/mol. The van der Waals surface area contributed by atoms with E-state index < -0.39 is 0 Å². The summed E-state index contributed by atoms with van der Waals surface area (Å²) in [5.41, 5.74) is 0.693. The van der Waals surface area contributed by atoms with Crippen LogP contribution in [0, 0.1) is 5.92 Å². The Labute approximate surface area is 140 Å². The number of hydrogen-bond acceptors (Lipinski definition) is 3. The summed E-state index contributed by atoms with van der Waals surface area (Å²) in [5.74, 6) is 0.231. The number of hydrogen-bond donors (Lipinski definition) is 1. The summed E-state index contributed by atoms with van der Waals surface area (Å²) >= 11 is 1.45. The van der Waals surface area contributed by atoms with Gasteiger partial charge in [-0.05, 0) is 31.4 Å². The summed E-state index contributed by atoms with van der Waals surface area (Å²) in [4.78, 5) is 26.2. The highest BCUT2D eigenvalue weighted by atomic mass is 32.1. The molecule has 23 heavy (non-hydrogen) atoms. The van der Waals surface area contributed by atoms with Crippen molar-refractivity contribution in [3.05, 3.63) is 69.9 Å². The van der Waals surface area contributed by atoms with E-state index in [0.29, 0.717) is 17.0 Å². The first-order chi connectivity index (χ1) is 11.2. The van der Waals surface area contributed by atoms with Gasteiger partial charge in [0.05, 0.1) is 11.4 Å². The molecule has 1 aromatic heterocycles. The molecule has 1 aromatic carbocycles. The maximum atomic E-state index is 12.4. The van der Waals surface area contributed by atoms with Crippen LogP contribution in [-0.4, -0.2) is 11.7 Å². The lowest BCUT2D eigenvalue weighted by molar-refractivity contribution is -0.125. The van der Waals surface area contributed by atoms with Gasteiger partial charge >= 0.3 is 0 Å². The lowest BCUT2D eigenvalue weighted by Gasteiger charge is -2.16. The van der Waals surface area contributed by atoms with Gasteiger partial charge in [0.1, 0.15) is 0 Å². The van der Waals surface area contributed by atoms with Gasteiger partial charge in [-0.3, -0.25) is 9.59 Å². The second-order valence-corrected chi connectivity index (χ2v) is 6.83. The van der Waals surface area contributed by atoms with Crippen LogP contribution in [0.25, 0.3) is 0 Å². The lowest BCUT2D eigenvalue weighted by Crippen LogP contribution is -2.30. The van der Waals surface area contributed by atoms with E-state index in [1.165, 1.54) is 11.3 Å². The number of amides is 1. The molecule has 118 valence electrons. The van der Waals surface area contributed by atoms with Crippen molar-refractivity contribution in [3.8, 4) is 0 Å². The Bertz CT molecular complexity index is 718. The minimum atomic E-state index is 0.0330. The SMILES string of the molecule is O=C(c1ccccc1)c1ccc(CNC(=O)[C@H]2CC=CCC2)s1. The minimum Gasteiger partial charge on any atom is -0.351 e. The minimum absolute atomic E-state index is 0.0330. The standard InChI is InChI=1S/C19H19NO2S/c21-18(14-7-3-1-4-8-14)17-12-11-16(23-17)13-20-19(22)15-9-5-2-6-10-15/h1-5,7-8,11-12,15H,6,9-10,13H2,(H,20,22)/t15-/m0/s1. The van der Waals surface area contributed by atoms with Crippen LogP contribution < -0.4 is 5.32 Å². The Hall–Kier alpha value is -2.20. The quantitative estimate of drug-likeness (QED) is 0.668. The summed E-state index contributed by atoms with van der Waals surface area (Å²) < 4.78 is 0. The molecule has 3 nitrogen and oxygen atoms in total. The molecule has 0 radical (unpaired) electrons. The molecule has 1 aliphatic rings. The Morgan fingerprint density at radius 2 is 1.91 bits per heavy atom. The van der Waals surface area contributed by atoms with Crippen LogP contribution in [0.15, 0.2) is 54.6 Å². The zero-order valence-corrected chi connectivity index (χ0v) is 13.6. The lowest BCUT2D eigenvalue weighted by atomic mass is 9.94. The van der Waals surface area contributed by atoms with Gasteiger partial charge in [-0.15, -0.1) is 11.3 Å². The van der Waals surface area contributed by atoms with E-state index >= 15 is 0 Å². The molecule has 0 fully saturated rings. The molecule has 0 bridgehead atoms. The zero-order chi connectivity index (χ0) is 16.1. The van der Waals surface area contributed by atoms with Crippen LogP contribution in [0.4, 0.5) is 0 Å². The Balaban J connectivity index is 1.58. The van der Waals surface area contributed by atoms with Gasteiger partial charge in [-0.25, -0.2) is 0 Å². The number of nitrogens with one attached hydrogen (secondary N) is 1. The highest BCUT2D eigenvalue weighted by Crippen LogP contribution is 2.21. The molecule has 0 unspecified atom stereocenters. The third-order valence-electron chi connectivity index (χ3n) is 4.00. The van der Waals surface area contributed by atoms with Crippen molar-refractivity contribution in [2.75, 3.05) is 0 Å². The molecule has 1 amide bonds. The molecule has 1 heterocycles. The van der Waals surface area contributed by atoms with Gasteiger partial charge < -0.3 is 5.32 Å². The van der Waals surface area contributed by atoms with Crippen LogP contribution >= 0.6 is 11.3 Å². The first-order valence-corrected chi connectivity index (χ1v) is 8.67. The van der Waals surface area contributed by atoms with Crippen molar-refractivity contribution in [1.29, 1.82) is 0 Å². The van der Waals surface area contributed by atoms with Crippen LogP contribution in [0.1, 0.15) is 39.4 Å². The number of ketones is 1. The van der Waals surface area contributed by atoms with E-state index in [1.807, 2.05) is 42.5 Å². The third kappa shape index (κ3) is 3.96. The number of carbonyl (C=O) groups excluding carboxylic acids is 2. The fourth-order valence-electron chi connectivity index (χ4n) is 2.68. The first-order valence-electron chi connectivity index (χ1n) is 7.85. The topological polar surface area (TPSA) is 46.2 Å². The highest BCUT2D eigenvalue weighted by Gasteiger charge is 2.18. The number of allylic oxidation sites excluding steroid dienone is 2. The van der Waals surface area contributed by atoms with Crippen molar-refractivity contribution in [1.82, 2.24) is 5.32 Å².